The van der Waals surface area contributed by atoms with Gasteiger partial charge in [-0.05, 0) is 51.0 Å². The first-order valence-electron chi connectivity index (χ1n) is 6.06. The van der Waals surface area contributed by atoms with Crippen LogP contribution in [0.1, 0.15) is 24.0 Å². The fourth-order valence-electron chi connectivity index (χ4n) is 2.19. The zero-order chi connectivity index (χ0) is 11.4. The van der Waals surface area contributed by atoms with E-state index in [0.29, 0.717) is 6.04 Å². The van der Waals surface area contributed by atoms with Crippen molar-refractivity contribution in [1.29, 1.82) is 0 Å². The van der Waals surface area contributed by atoms with Crippen molar-refractivity contribution < 1.29 is 0 Å². The van der Waals surface area contributed by atoms with Gasteiger partial charge in [0, 0.05) is 25.0 Å². The maximum atomic E-state index is 4.21. The third kappa shape index (κ3) is 3.29. The van der Waals surface area contributed by atoms with Crippen LogP contribution in [0.25, 0.3) is 0 Å². The Morgan fingerprint density at radius 3 is 2.81 bits per heavy atom. The quantitative estimate of drug-likeness (QED) is 0.836. The number of aromatic nitrogens is 1. The van der Waals surface area contributed by atoms with Gasteiger partial charge < -0.3 is 10.2 Å². The first kappa shape index (κ1) is 11.6. The molecule has 0 radical (unpaired) electrons. The Morgan fingerprint density at radius 1 is 1.38 bits per heavy atom. The van der Waals surface area contributed by atoms with Crippen molar-refractivity contribution in [1.82, 2.24) is 15.2 Å². The van der Waals surface area contributed by atoms with Crippen molar-refractivity contribution in [3.63, 3.8) is 0 Å². The topological polar surface area (TPSA) is 28.2 Å². The van der Waals surface area contributed by atoms with Crippen molar-refractivity contribution in [2.45, 2.75) is 32.4 Å². The normalized spacial score (nSPS) is 18.9. The van der Waals surface area contributed by atoms with Crippen LogP contribution in [0, 0.1) is 6.92 Å². The summed E-state index contributed by atoms with van der Waals surface area (Å²) in [5.41, 5.74) is 2.53. The summed E-state index contributed by atoms with van der Waals surface area (Å²) in [6, 6.07) is 2.88. The molecule has 1 aliphatic heterocycles. The van der Waals surface area contributed by atoms with Crippen LogP contribution < -0.4 is 5.32 Å². The summed E-state index contributed by atoms with van der Waals surface area (Å²) in [4.78, 5) is 6.61. The van der Waals surface area contributed by atoms with E-state index in [1.54, 1.807) is 0 Å². The second-order valence-corrected chi connectivity index (χ2v) is 4.83. The highest BCUT2D eigenvalue weighted by Crippen LogP contribution is 2.09. The van der Waals surface area contributed by atoms with E-state index in [0.717, 1.165) is 6.54 Å². The standard InChI is InChI=1S/C13H21N3/c1-11-7-12(9-14-8-11)10-15-13-3-5-16(2)6-4-13/h7-9,13,15H,3-6,10H2,1-2H3. The Balaban J connectivity index is 1.79. The predicted molar refractivity (Wildman–Crippen MR) is 66.3 cm³/mol. The number of nitrogens with zero attached hydrogens (tertiary/aromatic N) is 2. The molecule has 2 rings (SSSR count). The Kier molecular flexibility index (Phi) is 3.91. The molecule has 0 unspecified atom stereocenters. The van der Waals surface area contributed by atoms with Crippen LogP contribution in [0.15, 0.2) is 18.5 Å². The molecule has 3 nitrogen and oxygen atoms in total. The van der Waals surface area contributed by atoms with Gasteiger partial charge in [-0.15, -0.1) is 0 Å². The monoisotopic (exact) mass is 219 g/mol. The minimum absolute atomic E-state index is 0.678. The molecule has 1 fully saturated rings. The fourth-order valence-corrected chi connectivity index (χ4v) is 2.19. The van der Waals surface area contributed by atoms with E-state index in [2.05, 4.69) is 35.2 Å². The summed E-state index contributed by atoms with van der Waals surface area (Å²) in [5.74, 6) is 0. The number of pyridine rings is 1. The second-order valence-electron chi connectivity index (χ2n) is 4.83. The molecule has 0 aromatic carbocycles. The minimum atomic E-state index is 0.678. The van der Waals surface area contributed by atoms with Crippen molar-refractivity contribution >= 4 is 0 Å². The number of hydrogen-bond donors (Lipinski definition) is 1. The molecule has 1 N–H and O–H groups in total. The molecule has 1 aromatic rings. The van der Waals surface area contributed by atoms with Gasteiger partial charge in [-0.3, -0.25) is 4.98 Å². The maximum Gasteiger partial charge on any atom is 0.0313 e. The summed E-state index contributed by atoms with van der Waals surface area (Å²) < 4.78 is 0. The number of rotatable bonds is 3. The Labute approximate surface area is 97.9 Å². The molecule has 16 heavy (non-hydrogen) atoms. The van der Waals surface area contributed by atoms with Gasteiger partial charge in [-0.25, -0.2) is 0 Å². The van der Waals surface area contributed by atoms with Crippen molar-refractivity contribution in [2.24, 2.45) is 0 Å². The van der Waals surface area contributed by atoms with Crippen LogP contribution in [-0.2, 0) is 6.54 Å². The SMILES string of the molecule is Cc1cncc(CNC2CCN(C)CC2)c1. The van der Waals surface area contributed by atoms with Crippen LogP contribution in [0.2, 0.25) is 0 Å². The fraction of sp³-hybridized carbons (Fsp3) is 0.615. The number of likely N-dealkylation sites (tertiary alicyclic amines) is 1. The van der Waals surface area contributed by atoms with Gasteiger partial charge in [-0.2, -0.15) is 0 Å². The van der Waals surface area contributed by atoms with E-state index >= 15 is 0 Å². The van der Waals surface area contributed by atoms with Gasteiger partial charge in [-0.1, -0.05) is 6.07 Å². The highest BCUT2D eigenvalue weighted by Gasteiger charge is 2.15. The van der Waals surface area contributed by atoms with Crippen LogP contribution in [0.3, 0.4) is 0 Å². The third-order valence-corrected chi connectivity index (χ3v) is 3.25. The van der Waals surface area contributed by atoms with E-state index in [-0.39, 0.29) is 0 Å². The van der Waals surface area contributed by atoms with Gasteiger partial charge in [0.15, 0.2) is 0 Å². The van der Waals surface area contributed by atoms with Crippen molar-refractivity contribution in [2.75, 3.05) is 20.1 Å². The lowest BCUT2D eigenvalue weighted by molar-refractivity contribution is 0.234. The summed E-state index contributed by atoms with van der Waals surface area (Å²) in [6.45, 7) is 5.46. The van der Waals surface area contributed by atoms with Crippen molar-refractivity contribution in [3.05, 3.63) is 29.6 Å². The molecular weight excluding hydrogens is 198 g/mol. The number of piperidine rings is 1. The molecule has 0 saturated carbocycles. The Hall–Kier alpha value is -0.930. The minimum Gasteiger partial charge on any atom is -0.310 e. The van der Waals surface area contributed by atoms with Gasteiger partial charge in [0.25, 0.3) is 0 Å². The largest absolute Gasteiger partial charge is 0.310 e. The first-order chi connectivity index (χ1) is 7.74. The molecule has 2 heterocycles. The zero-order valence-corrected chi connectivity index (χ0v) is 10.2. The molecule has 0 bridgehead atoms. The van der Waals surface area contributed by atoms with Gasteiger partial charge in [0.1, 0.15) is 0 Å². The lowest BCUT2D eigenvalue weighted by Gasteiger charge is -2.29. The van der Waals surface area contributed by atoms with E-state index in [4.69, 9.17) is 0 Å². The second kappa shape index (κ2) is 5.41. The van der Waals surface area contributed by atoms with Crippen LogP contribution in [0.4, 0.5) is 0 Å². The van der Waals surface area contributed by atoms with E-state index in [1.165, 1.54) is 37.1 Å². The zero-order valence-electron chi connectivity index (χ0n) is 10.2. The summed E-state index contributed by atoms with van der Waals surface area (Å²) in [7, 11) is 2.20. The predicted octanol–water partition coefficient (Wildman–Crippen LogP) is 1.57. The molecule has 0 aliphatic carbocycles. The molecule has 1 saturated heterocycles. The summed E-state index contributed by atoms with van der Waals surface area (Å²) >= 11 is 0. The summed E-state index contributed by atoms with van der Waals surface area (Å²) in [6.07, 6.45) is 6.37. The number of hydrogen-bond acceptors (Lipinski definition) is 3. The van der Waals surface area contributed by atoms with Gasteiger partial charge in [0.05, 0.1) is 0 Å². The number of nitrogens with one attached hydrogen (secondary N) is 1. The van der Waals surface area contributed by atoms with Crippen LogP contribution in [0.5, 0.6) is 0 Å². The highest BCUT2D eigenvalue weighted by molar-refractivity contribution is 5.16. The average molecular weight is 219 g/mol. The molecule has 88 valence electrons. The van der Waals surface area contributed by atoms with Crippen LogP contribution >= 0.6 is 0 Å². The molecule has 3 heteroatoms. The molecule has 1 aromatic heterocycles. The van der Waals surface area contributed by atoms with E-state index in [9.17, 15) is 0 Å². The smallest absolute Gasteiger partial charge is 0.0313 e. The van der Waals surface area contributed by atoms with Gasteiger partial charge >= 0.3 is 0 Å². The molecule has 0 atom stereocenters. The van der Waals surface area contributed by atoms with Gasteiger partial charge in [0.2, 0.25) is 0 Å². The lowest BCUT2D eigenvalue weighted by atomic mass is 10.1. The molecule has 0 amide bonds. The lowest BCUT2D eigenvalue weighted by Crippen LogP contribution is -2.40. The van der Waals surface area contributed by atoms with E-state index < -0.39 is 0 Å². The average Bonchev–Trinajstić information content (AvgIpc) is 2.28. The first-order valence-corrected chi connectivity index (χ1v) is 6.06. The highest BCUT2D eigenvalue weighted by atomic mass is 15.1. The molecule has 0 spiro atoms. The number of aryl methyl sites for hydroxylation is 1. The maximum absolute atomic E-state index is 4.21. The Bertz CT molecular complexity index is 330. The van der Waals surface area contributed by atoms with Crippen LogP contribution in [-0.4, -0.2) is 36.1 Å². The molecule has 1 aliphatic rings. The molecular formula is C13H21N3. The van der Waals surface area contributed by atoms with Crippen molar-refractivity contribution in [3.8, 4) is 0 Å². The summed E-state index contributed by atoms with van der Waals surface area (Å²) in [5, 5.41) is 3.62. The third-order valence-electron chi connectivity index (χ3n) is 3.25. The van der Waals surface area contributed by atoms with E-state index in [1.807, 2.05) is 12.4 Å². The Morgan fingerprint density at radius 2 is 2.12 bits per heavy atom.